The van der Waals surface area contributed by atoms with E-state index in [1.807, 2.05) is 0 Å². The first-order chi connectivity index (χ1) is 9.11. The maximum absolute atomic E-state index is 12.1. The molecule has 0 radical (unpaired) electrons. The number of aromatic hydroxyl groups is 1. The molecule has 0 saturated carbocycles. The van der Waals surface area contributed by atoms with E-state index in [2.05, 4.69) is 5.32 Å². The van der Waals surface area contributed by atoms with Gasteiger partial charge in [-0.15, -0.1) is 0 Å². The predicted octanol–water partition coefficient (Wildman–Crippen LogP) is 2.96. The Morgan fingerprint density at radius 3 is 2.68 bits per heavy atom. The minimum Gasteiger partial charge on any atom is -0.508 e. The molecule has 0 atom stereocenters. The lowest BCUT2D eigenvalue weighted by atomic mass is 10.1. The van der Waals surface area contributed by atoms with Crippen LogP contribution in [0.1, 0.15) is 15.9 Å². The van der Waals surface area contributed by atoms with Gasteiger partial charge in [-0.05, 0) is 31.2 Å². The molecule has 4 heteroatoms. The van der Waals surface area contributed by atoms with Gasteiger partial charge in [0.05, 0.1) is 7.11 Å². The van der Waals surface area contributed by atoms with Gasteiger partial charge in [-0.25, -0.2) is 0 Å². The van der Waals surface area contributed by atoms with Crippen LogP contribution in [0.3, 0.4) is 0 Å². The van der Waals surface area contributed by atoms with Gasteiger partial charge in [0, 0.05) is 22.9 Å². The van der Waals surface area contributed by atoms with Gasteiger partial charge in [-0.3, -0.25) is 4.79 Å². The number of anilines is 1. The fourth-order valence-electron chi connectivity index (χ4n) is 1.77. The number of carbonyl (C=O) groups excluding carboxylic acids is 1. The number of methoxy groups -OCH3 is 1. The Hall–Kier alpha value is -2.49. The molecule has 4 nitrogen and oxygen atoms in total. The normalized spacial score (nSPS) is 10.0. The van der Waals surface area contributed by atoms with Gasteiger partial charge in [0.1, 0.15) is 11.5 Å². The second kappa shape index (κ2) is 5.44. The van der Waals surface area contributed by atoms with E-state index in [4.69, 9.17) is 4.74 Å². The maximum atomic E-state index is 12.1. The van der Waals surface area contributed by atoms with Gasteiger partial charge in [-0.1, -0.05) is 12.1 Å². The zero-order valence-electron chi connectivity index (χ0n) is 10.8. The number of carbonyl (C=O) groups is 1. The average molecular weight is 257 g/mol. The minimum atomic E-state index is -0.262. The number of amides is 1. The second-order valence-electron chi connectivity index (χ2n) is 4.14. The fraction of sp³-hybridized carbons (Fsp3) is 0.133. The number of benzene rings is 2. The summed E-state index contributed by atoms with van der Waals surface area (Å²) in [4.78, 5) is 12.1. The Balaban J connectivity index is 2.23. The summed E-state index contributed by atoms with van der Waals surface area (Å²) in [6.07, 6.45) is 0. The lowest BCUT2D eigenvalue weighted by Crippen LogP contribution is -2.13. The van der Waals surface area contributed by atoms with Crippen molar-refractivity contribution in [1.29, 1.82) is 0 Å². The van der Waals surface area contributed by atoms with Gasteiger partial charge >= 0.3 is 0 Å². The van der Waals surface area contributed by atoms with E-state index in [0.29, 0.717) is 22.6 Å². The molecule has 2 rings (SSSR count). The summed E-state index contributed by atoms with van der Waals surface area (Å²) in [7, 11) is 1.57. The molecule has 1 amide bonds. The van der Waals surface area contributed by atoms with E-state index >= 15 is 0 Å². The highest BCUT2D eigenvalue weighted by atomic mass is 16.5. The standard InChI is InChI=1S/C15H15NO3/c1-10-13(7-4-8-14(10)17)15(18)16-11-5-3-6-12(9-11)19-2/h3-9,17H,1-2H3,(H,16,18). The highest BCUT2D eigenvalue weighted by Gasteiger charge is 2.11. The van der Waals surface area contributed by atoms with Crippen LogP contribution < -0.4 is 10.1 Å². The molecule has 0 aliphatic heterocycles. The van der Waals surface area contributed by atoms with Crippen LogP contribution in [0, 0.1) is 6.92 Å². The summed E-state index contributed by atoms with van der Waals surface area (Å²) in [6, 6.07) is 12.0. The first-order valence-electron chi connectivity index (χ1n) is 5.86. The Morgan fingerprint density at radius 1 is 1.21 bits per heavy atom. The van der Waals surface area contributed by atoms with Crippen LogP contribution >= 0.6 is 0 Å². The summed E-state index contributed by atoms with van der Waals surface area (Å²) in [5.74, 6) is 0.519. The van der Waals surface area contributed by atoms with Gasteiger partial charge < -0.3 is 15.2 Å². The quantitative estimate of drug-likeness (QED) is 0.888. The summed E-state index contributed by atoms with van der Waals surface area (Å²) in [6.45, 7) is 1.70. The lowest BCUT2D eigenvalue weighted by molar-refractivity contribution is 0.102. The maximum Gasteiger partial charge on any atom is 0.256 e. The van der Waals surface area contributed by atoms with Crippen LogP contribution in [0.4, 0.5) is 5.69 Å². The third-order valence-electron chi connectivity index (χ3n) is 2.88. The van der Waals surface area contributed by atoms with Crippen LogP contribution in [0.5, 0.6) is 11.5 Å². The number of phenolic OH excluding ortho intramolecular Hbond substituents is 1. The van der Waals surface area contributed by atoms with Crippen LogP contribution in [0.15, 0.2) is 42.5 Å². The Bertz CT molecular complexity index is 608. The minimum absolute atomic E-state index is 0.110. The summed E-state index contributed by atoms with van der Waals surface area (Å²) in [5, 5.41) is 12.4. The molecule has 0 saturated heterocycles. The number of nitrogens with one attached hydrogen (secondary N) is 1. The van der Waals surface area contributed by atoms with Crippen molar-refractivity contribution in [1.82, 2.24) is 0 Å². The smallest absolute Gasteiger partial charge is 0.256 e. The van der Waals surface area contributed by atoms with E-state index < -0.39 is 0 Å². The molecule has 0 heterocycles. The summed E-state index contributed by atoms with van der Waals surface area (Å²) < 4.78 is 5.09. The van der Waals surface area contributed by atoms with Crippen molar-refractivity contribution in [2.45, 2.75) is 6.92 Å². The molecule has 0 fully saturated rings. The molecule has 98 valence electrons. The summed E-state index contributed by atoms with van der Waals surface area (Å²) in [5.41, 5.74) is 1.65. The largest absolute Gasteiger partial charge is 0.508 e. The van der Waals surface area contributed by atoms with Gasteiger partial charge in [0.2, 0.25) is 0 Å². The SMILES string of the molecule is COc1cccc(NC(=O)c2cccc(O)c2C)c1. The molecule has 0 aliphatic rings. The Morgan fingerprint density at radius 2 is 1.95 bits per heavy atom. The number of hydrogen-bond acceptors (Lipinski definition) is 3. The Labute approximate surface area is 111 Å². The number of phenols is 1. The highest BCUT2D eigenvalue weighted by molar-refractivity contribution is 6.05. The van der Waals surface area contributed by atoms with E-state index in [-0.39, 0.29) is 11.7 Å². The first kappa shape index (κ1) is 13.0. The molecule has 2 N–H and O–H groups in total. The molecular weight excluding hydrogens is 242 g/mol. The van der Waals surface area contributed by atoms with E-state index in [9.17, 15) is 9.90 Å². The second-order valence-corrected chi connectivity index (χ2v) is 4.14. The molecule has 0 aliphatic carbocycles. The Kier molecular flexibility index (Phi) is 3.71. The van der Waals surface area contributed by atoms with Gasteiger partial charge in [0.15, 0.2) is 0 Å². The van der Waals surface area contributed by atoms with E-state index in [1.54, 1.807) is 56.5 Å². The van der Waals surface area contributed by atoms with Crippen molar-refractivity contribution in [3.8, 4) is 11.5 Å². The third kappa shape index (κ3) is 2.85. The highest BCUT2D eigenvalue weighted by Crippen LogP contribution is 2.22. The van der Waals surface area contributed by atoms with Crippen molar-refractivity contribution >= 4 is 11.6 Å². The van der Waals surface area contributed by atoms with Crippen molar-refractivity contribution < 1.29 is 14.6 Å². The average Bonchev–Trinajstić information content (AvgIpc) is 2.42. The van der Waals surface area contributed by atoms with Gasteiger partial charge in [-0.2, -0.15) is 0 Å². The van der Waals surface area contributed by atoms with Crippen LogP contribution in [0.25, 0.3) is 0 Å². The predicted molar refractivity (Wildman–Crippen MR) is 73.8 cm³/mol. The van der Waals surface area contributed by atoms with E-state index in [1.165, 1.54) is 0 Å². The lowest BCUT2D eigenvalue weighted by Gasteiger charge is -2.09. The zero-order valence-corrected chi connectivity index (χ0v) is 10.8. The molecule has 0 bridgehead atoms. The topological polar surface area (TPSA) is 58.6 Å². The molecule has 0 aromatic heterocycles. The van der Waals surface area contributed by atoms with Crippen LogP contribution in [-0.2, 0) is 0 Å². The molecule has 2 aromatic rings. The molecule has 0 unspecified atom stereocenters. The fourth-order valence-corrected chi connectivity index (χ4v) is 1.77. The molecule has 2 aromatic carbocycles. The van der Waals surface area contributed by atoms with Crippen molar-refractivity contribution in [3.05, 3.63) is 53.6 Å². The monoisotopic (exact) mass is 257 g/mol. The van der Waals surface area contributed by atoms with Crippen molar-refractivity contribution in [2.24, 2.45) is 0 Å². The first-order valence-corrected chi connectivity index (χ1v) is 5.86. The van der Waals surface area contributed by atoms with E-state index in [0.717, 1.165) is 0 Å². The molecule has 19 heavy (non-hydrogen) atoms. The van der Waals surface area contributed by atoms with Crippen molar-refractivity contribution in [2.75, 3.05) is 12.4 Å². The molecule has 0 spiro atoms. The van der Waals surface area contributed by atoms with Crippen LogP contribution in [-0.4, -0.2) is 18.1 Å². The van der Waals surface area contributed by atoms with Gasteiger partial charge in [0.25, 0.3) is 5.91 Å². The molecular formula is C15H15NO3. The number of ether oxygens (including phenoxy) is 1. The zero-order chi connectivity index (χ0) is 13.8. The van der Waals surface area contributed by atoms with Crippen molar-refractivity contribution in [3.63, 3.8) is 0 Å². The summed E-state index contributed by atoms with van der Waals surface area (Å²) >= 11 is 0. The van der Waals surface area contributed by atoms with Crippen LogP contribution in [0.2, 0.25) is 0 Å². The number of hydrogen-bond donors (Lipinski definition) is 2. The number of rotatable bonds is 3. The third-order valence-corrected chi connectivity index (χ3v) is 2.88.